The van der Waals surface area contributed by atoms with Crippen LogP contribution >= 0.6 is 0 Å². The highest BCUT2D eigenvalue weighted by atomic mass is 16.1. The van der Waals surface area contributed by atoms with Crippen molar-refractivity contribution in [1.82, 2.24) is 10.6 Å². The highest BCUT2D eigenvalue weighted by Crippen LogP contribution is 2.43. The molecule has 0 aromatic carbocycles. The molecule has 4 atom stereocenters. The van der Waals surface area contributed by atoms with E-state index in [9.17, 15) is 4.79 Å². The van der Waals surface area contributed by atoms with Crippen molar-refractivity contribution in [3.63, 3.8) is 0 Å². The minimum Gasteiger partial charge on any atom is -0.306 e. The van der Waals surface area contributed by atoms with Gasteiger partial charge in [-0.05, 0) is 79.1 Å². The Morgan fingerprint density at radius 3 is 1.08 bits per heavy atom. The Bertz CT molecular complexity index is 440. The normalized spacial score (nSPS) is 46.9. The lowest BCUT2D eigenvalue weighted by Crippen LogP contribution is -2.63. The van der Waals surface area contributed by atoms with Gasteiger partial charge in [-0.25, -0.2) is 0 Å². The predicted molar refractivity (Wildman–Crippen MR) is 112 cm³/mol. The smallest absolute Gasteiger partial charge is 0.139 e. The number of piperidine rings is 2. The second kappa shape index (κ2) is 7.54. The Balaban J connectivity index is 2.25. The molecule has 0 radical (unpaired) electrons. The van der Waals surface area contributed by atoms with E-state index in [4.69, 9.17) is 0 Å². The van der Waals surface area contributed by atoms with Crippen LogP contribution in [0.4, 0.5) is 0 Å². The average Bonchev–Trinajstić information content (AvgIpc) is 2.60. The van der Waals surface area contributed by atoms with Crippen LogP contribution in [0.15, 0.2) is 0 Å². The minimum absolute atomic E-state index is 0.0817. The lowest BCUT2D eigenvalue weighted by molar-refractivity contribution is -0.133. The van der Waals surface area contributed by atoms with Crippen LogP contribution in [-0.2, 0) is 4.79 Å². The van der Waals surface area contributed by atoms with E-state index in [2.05, 4.69) is 66.0 Å². The Kier molecular flexibility index (Phi) is 6.35. The molecule has 0 bridgehead atoms. The van der Waals surface area contributed by atoms with Crippen molar-refractivity contribution in [2.75, 3.05) is 0 Å². The van der Waals surface area contributed by atoms with Gasteiger partial charge in [0.2, 0.25) is 0 Å². The molecule has 0 aromatic rings. The first-order valence-electron chi connectivity index (χ1n) is 11.1. The molecule has 0 aromatic heterocycles. The fourth-order valence-corrected chi connectivity index (χ4v) is 5.65. The molecule has 26 heavy (non-hydrogen) atoms. The molecular weight excluding hydrogens is 320 g/mol. The predicted octanol–water partition coefficient (Wildman–Crippen LogP) is 5.23. The molecule has 0 saturated carbocycles. The van der Waals surface area contributed by atoms with Gasteiger partial charge < -0.3 is 10.6 Å². The molecule has 2 aliphatic rings. The number of ketones is 1. The Labute approximate surface area is 162 Å². The third-order valence-electron chi connectivity index (χ3n) is 7.92. The zero-order chi connectivity index (χ0) is 19.8. The lowest BCUT2D eigenvalue weighted by Gasteiger charge is -2.52. The van der Waals surface area contributed by atoms with Crippen LogP contribution in [-0.4, -0.2) is 27.9 Å². The number of carbonyl (C=O) groups excluding carboxylic acids is 1. The number of hydrogen-bond donors (Lipinski definition) is 2. The van der Waals surface area contributed by atoms with E-state index in [1.54, 1.807) is 0 Å². The highest BCUT2D eigenvalue weighted by Gasteiger charge is 2.48. The van der Waals surface area contributed by atoms with Crippen LogP contribution in [0.3, 0.4) is 0 Å². The van der Waals surface area contributed by atoms with Gasteiger partial charge in [-0.3, -0.25) is 4.79 Å². The third kappa shape index (κ3) is 4.52. The van der Waals surface area contributed by atoms with Crippen LogP contribution < -0.4 is 10.6 Å². The van der Waals surface area contributed by atoms with Crippen molar-refractivity contribution in [3.8, 4) is 0 Å². The Morgan fingerprint density at radius 2 is 0.885 bits per heavy atom. The number of nitrogens with one attached hydrogen (secondary N) is 2. The van der Waals surface area contributed by atoms with E-state index < -0.39 is 0 Å². The molecule has 2 heterocycles. The van der Waals surface area contributed by atoms with Crippen molar-refractivity contribution < 1.29 is 4.79 Å². The summed E-state index contributed by atoms with van der Waals surface area (Å²) in [5.74, 6) is 0.958. The largest absolute Gasteiger partial charge is 0.306 e. The van der Waals surface area contributed by atoms with E-state index in [0.29, 0.717) is 5.78 Å². The fourth-order valence-electron chi connectivity index (χ4n) is 5.65. The quantitative estimate of drug-likeness (QED) is 0.678. The van der Waals surface area contributed by atoms with E-state index in [0.717, 1.165) is 51.4 Å². The Morgan fingerprint density at radius 1 is 0.654 bits per heavy atom. The van der Waals surface area contributed by atoms with Crippen molar-refractivity contribution in [3.05, 3.63) is 0 Å². The lowest BCUT2D eigenvalue weighted by atomic mass is 9.65. The summed E-state index contributed by atoms with van der Waals surface area (Å²) in [6, 6.07) is 0. The first-order chi connectivity index (χ1) is 11.9. The van der Waals surface area contributed by atoms with Gasteiger partial charge in [-0.15, -0.1) is 0 Å². The number of rotatable bonds is 6. The van der Waals surface area contributed by atoms with E-state index in [1.807, 2.05) is 0 Å². The summed E-state index contributed by atoms with van der Waals surface area (Å²) in [5, 5.41) is 7.77. The van der Waals surface area contributed by atoms with Gasteiger partial charge in [0.15, 0.2) is 0 Å². The molecule has 3 nitrogen and oxygen atoms in total. The summed E-state index contributed by atoms with van der Waals surface area (Å²) in [5.41, 5.74) is 0.327. The summed E-state index contributed by atoms with van der Waals surface area (Å²) < 4.78 is 0. The van der Waals surface area contributed by atoms with Gasteiger partial charge in [-0.1, -0.05) is 27.7 Å². The molecule has 2 fully saturated rings. The maximum atomic E-state index is 13.7. The number of carbonyl (C=O) groups is 1. The molecule has 0 aliphatic carbocycles. The SMILES string of the molecule is CCC1(C)CC(C(=O)C2CC(C)(CC)NC(C)(CC)C2)CC(C)(CC)N1. The van der Waals surface area contributed by atoms with Crippen LogP contribution in [0.2, 0.25) is 0 Å². The highest BCUT2D eigenvalue weighted by molar-refractivity contribution is 5.84. The zero-order valence-corrected chi connectivity index (χ0v) is 18.7. The molecule has 2 rings (SSSR count). The topological polar surface area (TPSA) is 41.1 Å². The monoisotopic (exact) mass is 364 g/mol. The fraction of sp³-hybridized carbons (Fsp3) is 0.957. The van der Waals surface area contributed by atoms with Crippen molar-refractivity contribution in [2.45, 2.75) is 129 Å². The molecule has 4 unspecified atom stereocenters. The molecule has 2 N–H and O–H groups in total. The second-order valence-corrected chi connectivity index (χ2v) is 10.5. The molecule has 0 spiro atoms. The standard InChI is InChI=1S/C23H44N2O/c1-9-20(5)13-17(14-21(6,10-2)24-20)19(26)18-15-22(7,11-3)25-23(8,12-4)16-18/h17-18,24-25H,9-16H2,1-8H3. The number of hydrogen-bond acceptors (Lipinski definition) is 3. The average molecular weight is 365 g/mol. The zero-order valence-electron chi connectivity index (χ0n) is 18.7. The maximum Gasteiger partial charge on any atom is 0.139 e. The van der Waals surface area contributed by atoms with Gasteiger partial charge >= 0.3 is 0 Å². The Hall–Kier alpha value is -0.410. The molecule has 0 amide bonds. The second-order valence-electron chi connectivity index (χ2n) is 10.5. The van der Waals surface area contributed by atoms with Crippen molar-refractivity contribution in [1.29, 1.82) is 0 Å². The number of Topliss-reactive ketones (excluding diaryl/α,β-unsaturated/α-hetero) is 1. The van der Waals surface area contributed by atoms with Crippen molar-refractivity contribution in [2.24, 2.45) is 11.8 Å². The summed E-state index contributed by atoms with van der Waals surface area (Å²) in [6.07, 6.45) is 8.30. The first-order valence-corrected chi connectivity index (χ1v) is 11.1. The van der Waals surface area contributed by atoms with Gasteiger partial charge in [0.05, 0.1) is 0 Å². The summed E-state index contributed by atoms with van der Waals surface area (Å²) in [6.45, 7) is 18.3. The van der Waals surface area contributed by atoms with Crippen LogP contribution in [0, 0.1) is 11.8 Å². The van der Waals surface area contributed by atoms with Gasteiger partial charge in [-0.2, -0.15) is 0 Å². The molecule has 2 aliphatic heterocycles. The van der Waals surface area contributed by atoms with Gasteiger partial charge in [0.1, 0.15) is 5.78 Å². The van der Waals surface area contributed by atoms with E-state index in [1.165, 1.54) is 0 Å². The van der Waals surface area contributed by atoms with Crippen LogP contribution in [0.1, 0.15) is 107 Å². The van der Waals surface area contributed by atoms with Crippen LogP contribution in [0.5, 0.6) is 0 Å². The van der Waals surface area contributed by atoms with Gasteiger partial charge in [0.25, 0.3) is 0 Å². The molecule has 3 heteroatoms. The van der Waals surface area contributed by atoms with Crippen molar-refractivity contribution >= 4 is 5.78 Å². The summed E-state index contributed by atoms with van der Waals surface area (Å²) >= 11 is 0. The third-order valence-corrected chi connectivity index (χ3v) is 7.92. The summed E-state index contributed by atoms with van der Waals surface area (Å²) in [7, 11) is 0. The van der Waals surface area contributed by atoms with E-state index >= 15 is 0 Å². The van der Waals surface area contributed by atoms with E-state index in [-0.39, 0.29) is 34.0 Å². The minimum atomic E-state index is 0.0817. The van der Waals surface area contributed by atoms with Gasteiger partial charge in [0, 0.05) is 34.0 Å². The molecule has 152 valence electrons. The molecular formula is C23H44N2O. The maximum absolute atomic E-state index is 13.7. The van der Waals surface area contributed by atoms with Crippen LogP contribution in [0.25, 0.3) is 0 Å². The molecule has 2 saturated heterocycles. The first kappa shape index (κ1) is 21.9. The summed E-state index contributed by atoms with van der Waals surface area (Å²) in [4.78, 5) is 13.7.